The van der Waals surface area contributed by atoms with E-state index in [2.05, 4.69) is 4.74 Å². The van der Waals surface area contributed by atoms with Crippen LogP contribution in [0, 0.1) is 0 Å². The molecule has 0 bridgehead atoms. The van der Waals surface area contributed by atoms with E-state index in [-0.39, 0.29) is 30.1 Å². The quantitative estimate of drug-likeness (QED) is 0.757. The van der Waals surface area contributed by atoms with Crippen LogP contribution < -0.4 is 10.5 Å². The Morgan fingerprint density at radius 1 is 0.833 bits per heavy atom. The summed E-state index contributed by atoms with van der Waals surface area (Å²) in [5.41, 5.74) is 5.26. The summed E-state index contributed by atoms with van der Waals surface area (Å²) < 4.78 is 78.6. The molecule has 0 fully saturated rings. The van der Waals surface area contributed by atoms with E-state index >= 15 is 0 Å². The molecule has 2 aromatic carbocycles. The van der Waals surface area contributed by atoms with Crippen LogP contribution in [0.25, 0.3) is 11.1 Å². The Hall–Kier alpha value is -1.93. The maximum atomic E-state index is 12.5. The molecule has 0 aliphatic carbocycles. The molecule has 132 valence electrons. The minimum Gasteiger partial charge on any atom is -0.405 e. The normalized spacial score (nSPS) is 11.8. The number of halogens is 7. The van der Waals surface area contributed by atoms with E-state index in [1.54, 1.807) is 0 Å². The van der Waals surface area contributed by atoms with Gasteiger partial charge >= 0.3 is 12.5 Å². The van der Waals surface area contributed by atoms with Crippen LogP contribution in [0.3, 0.4) is 0 Å². The summed E-state index contributed by atoms with van der Waals surface area (Å²) in [5.74, 6) is -0.475. The zero-order valence-electron chi connectivity index (χ0n) is 11.9. The molecule has 0 heterocycles. The van der Waals surface area contributed by atoms with Gasteiger partial charge in [0, 0.05) is 12.1 Å². The highest BCUT2D eigenvalue weighted by atomic mass is 35.5. The summed E-state index contributed by atoms with van der Waals surface area (Å²) in [4.78, 5) is 0. The van der Waals surface area contributed by atoms with Gasteiger partial charge in [-0.15, -0.1) is 25.6 Å². The van der Waals surface area contributed by atoms with Crippen molar-refractivity contribution in [2.45, 2.75) is 19.1 Å². The lowest BCUT2D eigenvalue weighted by Crippen LogP contribution is -2.18. The molecule has 0 aromatic heterocycles. The van der Waals surface area contributed by atoms with Gasteiger partial charge in [0.05, 0.1) is 5.56 Å². The standard InChI is InChI=1S/C15H11F6NO.ClH/c16-14(17,18)12-5-3-9(4-6-12)10-1-2-11(8-22)13(7-10)23-15(19,20)21;/h1-7H,8,22H2;1H. The second-order valence-electron chi connectivity index (χ2n) is 4.65. The Balaban J connectivity index is 0.00000288. The summed E-state index contributed by atoms with van der Waals surface area (Å²) >= 11 is 0. The van der Waals surface area contributed by atoms with Crippen LogP contribution in [0.4, 0.5) is 26.3 Å². The molecule has 0 radical (unpaired) electrons. The molecule has 24 heavy (non-hydrogen) atoms. The molecule has 0 unspecified atom stereocenters. The van der Waals surface area contributed by atoms with E-state index in [9.17, 15) is 26.3 Å². The maximum Gasteiger partial charge on any atom is 0.573 e. The first-order valence-corrected chi connectivity index (χ1v) is 6.36. The molecule has 0 saturated heterocycles. The van der Waals surface area contributed by atoms with Crippen molar-refractivity contribution in [1.29, 1.82) is 0 Å². The molecule has 2 nitrogen and oxygen atoms in total. The van der Waals surface area contributed by atoms with Crippen LogP contribution in [0.2, 0.25) is 0 Å². The Morgan fingerprint density at radius 3 is 1.83 bits per heavy atom. The number of rotatable bonds is 3. The molecule has 2 aromatic rings. The lowest BCUT2D eigenvalue weighted by atomic mass is 10.0. The van der Waals surface area contributed by atoms with Crippen molar-refractivity contribution in [3.63, 3.8) is 0 Å². The first kappa shape index (κ1) is 20.1. The van der Waals surface area contributed by atoms with Gasteiger partial charge in [-0.1, -0.05) is 24.3 Å². The van der Waals surface area contributed by atoms with Gasteiger partial charge in [-0.05, 0) is 29.3 Å². The van der Waals surface area contributed by atoms with Crippen LogP contribution >= 0.6 is 12.4 Å². The molecule has 0 atom stereocenters. The zero-order valence-corrected chi connectivity index (χ0v) is 12.7. The van der Waals surface area contributed by atoms with Gasteiger partial charge in [0.25, 0.3) is 0 Å². The molecule has 9 heteroatoms. The van der Waals surface area contributed by atoms with E-state index in [4.69, 9.17) is 5.73 Å². The van der Waals surface area contributed by atoms with Gasteiger partial charge in [0.2, 0.25) is 0 Å². The highest BCUT2D eigenvalue weighted by Gasteiger charge is 2.32. The van der Waals surface area contributed by atoms with Crippen molar-refractivity contribution < 1.29 is 31.1 Å². The predicted molar refractivity (Wildman–Crippen MR) is 78.7 cm³/mol. The summed E-state index contributed by atoms with van der Waals surface area (Å²) in [7, 11) is 0. The smallest absolute Gasteiger partial charge is 0.405 e. The molecule has 0 saturated carbocycles. The SMILES string of the molecule is Cl.NCc1ccc(-c2ccc(C(F)(F)F)cc2)cc1OC(F)(F)F. The van der Waals surface area contributed by atoms with Crippen LogP contribution in [0.15, 0.2) is 42.5 Å². The number of benzene rings is 2. The topological polar surface area (TPSA) is 35.2 Å². The largest absolute Gasteiger partial charge is 0.573 e. The molecule has 0 spiro atoms. The van der Waals surface area contributed by atoms with Crippen molar-refractivity contribution in [2.75, 3.05) is 0 Å². The lowest BCUT2D eigenvalue weighted by molar-refractivity contribution is -0.274. The Bertz CT molecular complexity index is 682. The van der Waals surface area contributed by atoms with E-state index in [1.807, 2.05) is 0 Å². The third-order valence-electron chi connectivity index (χ3n) is 3.06. The molecule has 2 N–H and O–H groups in total. The number of nitrogens with two attached hydrogens (primary N) is 1. The first-order valence-electron chi connectivity index (χ1n) is 6.36. The molecule has 0 amide bonds. The highest BCUT2D eigenvalue weighted by molar-refractivity contribution is 5.85. The van der Waals surface area contributed by atoms with Crippen molar-refractivity contribution in [1.82, 2.24) is 0 Å². The fourth-order valence-corrected chi connectivity index (χ4v) is 1.97. The number of hydrogen-bond donors (Lipinski definition) is 1. The van der Waals surface area contributed by atoms with Crippen molar-refractivity contribution in [3.05, 3.63) is 53.6 Å². The summed E-state index contributed by atoms with van der Waals surface area (Å²) in [6, 6.07) is 7.97. The number of alkyl halides is 6. The van der Waals surface area contributed by atoms with Gasteiger partial charge in [0.1, 0.15) is 5.75 Å². The summed E-state index contributed by atoms with van der Waals surface area (Å²) in [6.07, 6.45) is -9.37. The fraction of sp³-hybridized carbons (Fsp3) is 0.200. The number of hydrogen-bond acceptors (Lipinski definition) is 2. The Labute approximate surface area is 139 Å². The third kappa shape index (κ3) is 5.04. The summed E-state index contributed by atoms with van der Waals surface area (Å²) in [5, 5.41) is 0. The van der Waals surface area contributed by atoms with Crippen molar-refractivity contribution >= 4 is 12.4 Å². The van der Waals surface area contributed by atoms with Crippen LogP contribution in [0.5, 0.6) is 5.75 Å². The maximum absolute atomic E-state index is 12.5. The van der Waals surface area contributed by atoms with E-state index in [0.717, 1.165) is 18.2 Å². The van der Waals surface area contributed by atoms with E-state index in [0.29, 0.717) is 5.56 Å². The molecular formula is C15H12ClF6NO. The fourth-order valence-electron chi connectivity index (χ4n) is 1.97. The second-order valence-corrected chi connectivity index (χ2v) is 4.65. The van der Waals surface area contributed by atoms with Crippen LogP contribution in [-0.4, -0.2) is 6.36 Å². The lowest BCUT2D eigenvalue weighted by Gasteiger charge is -2.14. The predicted octanol–water partition coefficient (Wildman–Crippen LogP) is 5.15. The van der Waals surface area contributed by atoms with E-state index in [1.165, 1.54) is 24.3 Å². The van der Waals surface area contributed by atoms with Gasteiger partial charge in [0.15, 0.2) is 0 Å². The molecule has 0 aliphatic rings. The second kappa shape index (κ2) is 7.31. The van der Waals surface area contributed by atoms with Gasteiger partial charge in [-0.3, -0.25) is 0 Å². The monoisotopic (exact) mass is 371 g/mol. The average molecular weight is 372 g/mol. The van der Waals surface area contributed by atoms with Gasteiger partial charge in [-0.25, -0.2) is 0 Å². The minimum absolute atomic E-state index is 0. The van der Waals surface area contributed by atoms with E-state index < -0.39 is 23.9 Å². The van der Waals surface area contributed by atoms with Crippen molar-refractivity contribution in [3.8, 4) is 16.9 Å². The summed E-state index contributed by atoms with van der Waals surface area (Å²) in [6.45, 7) is -0.168. The average Bonchev–Trinajstić information content (AvgIpc) is 2.45. The van der Waals surface area contributed by atoms with Crippen LogP contribution in [0.1, 0.15) is 11.1 Å². The van der Waals surface area contributed by atoms with Gasteiger partial charge in [-0.2, -0.15) is 13.2 Å². The van der Waals surface area contributed by atoms with Crippen molar-refractivity contribution in [2.24, 2.45) is 5.73 Å². The molecule has 2 rings (SSSR count). The van der Waals surface area contributed by atoms with Gasteiger partial charge < -0.3 is 10.5 Å². The Kier molecular flexibility index (Phi) is 6.13. The molecule has 0 aliphatic heterocycles. The number of ether oxygens (including phenoxy) is 1. The molecular weight excluding hydrogens is 360 g/mol. The van der Waals surface area contributed by atoms with Crippen LogP contribution in [-0.2, 0) is 12.7 Å². The minimum atomic E-state index is -4.89. The first-order chi connectivity index (χ1) is 10.6. The highest BCUT2D eigenvalue weighted by Crippen LogP contribution is 2.34. The Morgan fingerprint density at radius 2 is 1.38 bits per heavy atom. The zero-order chi connectivity index (χ0) is 17.3. The third-order valence-corrected chi connectivity index (χ3v) is 3.06.